The lowest BCUT2D eigenvalue weighted by Crippen LogP contribution is -2.51. The molecule has 2 aliphatic heterocycles. The van der Waals surface area contributed by atoms with Crippen LogP contribution in [0.5, 0.6) is 5.75 Å². The monoisotopic (exact) mass is 879 g/mol. The van der Waals surface area contributed by atoms with Crippen molar-refractivity contribution >= 4 is 85.0 Å². The standard InChI is InChI=1S/C40H50BrN9O9/c1-20(2)33(42)36(52)47-25(7-6-10-44-39(43)55)35(51)46-24-8-9-27-22(15-24)16-29(58-27)37(53)50-19-23(18-41)31-26(50)17-28(59-40(56)49-13-11-48(4)12-14-49)34-32(31)30(21(3)45-34)38(54)57-5/h8-9,15-17,20,23,25,33,45H,6-7,10-14,18-19,42H2,1-5H3,(H,46,51)(H,47,52)(H3,43,44,55)/t23-,25?,33?/m1/s1. The number of halogens is 1. The second-order valence-corrected chi connectivity index (χ2v) is 15.9. The zero-order chi connectivity index (χ0) is 42.7. The Morgan fingerprint density at radius 1 is 1.05 bits per heavy atom. The van der Waals surface area contributed by atoms with E-state index < -0.39 is 47.9 Å². The second kappa shape index (κ2) is 18.1. The molecule has 6 amide bonds. The summed E-state index contributed by atoms with van der Waals surface area (Å²) in [5.74, 6) is -2.33. The van der Waals surface area contributed by atoms with Crippen LogP contribution < -0.4 is 37.1 Å². The predicted molar refractivity (Wildman–Crippen MR) is 224 cm³/mol. The van der Waals surface area contributed by atoms with Crippen molar-refractivity contribution in [1.29, 1.82) is 0 Å². The third-order valence-corrected chi connectivity index (χ3v) is 11.5. The Morgan fingerprint density at radius 2 is 1.78 bits per heavy atom. The van der Waals surface area contributed by atoms with Crippen molar-refractivity contribution in [3.63, 3.8) is 0 Å². The molecule has 59 heavy (non-hydrogen) atoms. The van der Waals surface area contributed by atoms with Gasteiger partial charge in [0.25, 0.3) is 5.91 Å². The first-order valence-corrected chi connectivity index (χ1v) is 20.5. The average Bonchev–Trinajstić information content (AvgIpc) is 3.90. The van der Waals surface area contributed by atoms with Crippen molar-refractivity contribution in [2.45, 2.75) is 51.6 Å². The van der Waals surface area contributed by atoms with Crippen LogP contribution in [0.1, 0.15) is 64.8 Å². The molecule has 4 heterocycles. The number of rotatable bonds is 13. The minimum Gasteiger partial charge on any atom is -0.465 e. The summed E-state index contributed by atoms with van der Waals surface area (Å²) in [5, 5.41) is 9.48. The number of hydrogen-bond donors (Lipinski definition) is 6. The molecular formula is C40H50BrN9O9. The predicted octanol–water partition coefficient (Wildman–Crippen LogP) is 3.75. The van der Waals surface area contributed by atoms with Crippen LogP contribution in [0.2, 0.25) is 0 Å². The molecule has 0 spiro atoms. The number of nitrogens with zero attached hydrogens (tertiary/aromatic N) is 3. The lowest BCUT2D eigenvalue weighted by molar-refractivity contribution is -0.128. The minimum absolute atomic E-state index is 0.00827. The average molecular weight is 881 g/mol. The molecule has 6 rings (SSSR count). The van der Waals surface area contributed by atoms with E-state index in [2.05, 4.69) is 41.8 Å². The summed E-state index contributed by atoms with van der Waals surface area (Å²) in [7, 11) is 3.27. The van der Waals surface area contributed by atoms with Gasteiger partial charge in [0, 0.05) is 78.7 Å². The maximum Gasteiger partial charge on any atom is 0.415 e. The maximum absolute atomic E-state index is 14.4. The second-order valence-electron chi connectivity index (χ2n) is 15.2. The number of anilines is 2. The van der Waals surface area contributed by atoms with Crippen LogP contribution in [-0.4, -0.2) is 121 Å². The van der Waals surface area contributed by atoms with Gasteiger partial charge < -0.3 is 61.0 Å². The number of fused-ring (bicyclic) bond motifs is 4. The number of likely N-dealkylation sites (N-methyl/N-ethyl adjacent to an activating group) is 1. The molecule has 2 aromatic heterocycles. The largest absolute Gasteiger partial charge is 0.465 e. The summed E-state index contributed by atoms with van der Waals surface area (Å²) >= 11 is 3.61. The Labute approximate surface area is 348 Å². The van der Waals surface area contributed by atoms with Gasteiger partial charge in [-0.25, -0.2) is 14.4 Å². The van der Waals surface area contributed by atoms with Crippen molar-refractivity contribution in [2.75, 3.05) is 69.0 Å². The molecule has 0 aliphatic carbocycles. The van der Waals surface area contributed by atoms with Crippen LogP contribution in [0, 0.1) is 12.8 Å². The SMILES string of the molecule is COC(=O)c1c(C)[nH]c2c(OC(=O)N3CCN(C)CC3)cc3c(c12)[C@H](CBr)CN3C(=O)c1cc2cc(NC(=O)C(CCCNC(N)=O)NC(=O)C(N)C(C)C)ccc2o1. The zero-order valence-corrected chi connectivity index (χ0v) is 35.2. The van der Waals surface area contributed by atoms with Crippen molar-refractivity contribution in [2.24, 2.45) is 17.4 Å². The number of methoxy groups -OCH3 is 1. The third kappa shape index (κ3) is 9.16. The van der Waals surface area contributed by atoms with Crippen molar-refractivity contribution in [3.05, 3.63) is 52.9 Å². The molecule has 4 aromatic rings. The van der Waals surface area contributed by atoms with E-state index in [-0.39, 0.29) is 48.4 Å². The van der Waals surface area contributed by atoms with Gasteiger partial charge >= 0.3 is 18.1 Å². The molecular weight excluding hydrogens is 830 g/mol. The summed E-state index contributed by atoms with van der Waals surface area (Å²) < 4.78 is 17.3. The van der Waals surface area contributed by atoms with Gasteiger partial charge in [-0.3, -0.25) is 14.4 Å². The normalized spacial score (nSPS) is 16.5. The van der Waals surface area contributed by atoms with Gasteiger partial charge in [-0.15, -0.1) is 0 Å². The molecule has 1 fully saturated rings. The van der Waals surface area contributed by atoms with Crippen molar-refractivity contribution < 1.29 is 42.7 Å². The molecule has 19 heteroatoms. The van der Waals surface area contributed by atoms with E-state index in [0.29, 0.717) is 82.4 Å². The number of amides is 6. The maximum atomic E-state index is 14.4. The Balaban J connectivity index is 1.29. The van der Waals surface area contributed by atoms with Crippen LogP contribution in [0.4, 0.5) is 21.0 Å². The number of carbonyl (C=O) groups is 6. The highest BCUT2D eigenvalue weighted by Gasteiger charge is 2.39. The lowest BCUT2D eigenvalue weighted by Gasteiger charge is -2.31. The van der Waals surface area contributed by atoms with Gasteiger partial charge in [0.05, 0.1) is 29.9 Å². The lowest BCUT2D eigenvalue weighted by atomic mass is 9.95. The van der Waals surface area contributed by atoms with Gasteiger partial charge in [0.1, 0.15) is 11.6 Å². The number of aryl methyl sites for hydroxylation is 1. The number of benzene rings is 2. The zero-order valence-electron chi connectivity index (χ0n) is 33.6. The van der Waals surface area contributed by atoms with E-state index in [9.17, 15) is 28.8 Å². The Bertz CT molecular complexity index is 2280. The first-order chi connectivity index (χ1) is 28.1. The molecule has 3 atom stereocenters. The van der Waals surface area contributed by atoms with Crippen molar-refractivity contribution in [3.8, 4) is 5.75 Å². The number of nitrogens with one attached hydrogen (secondary N) is 4. The molecule has 2 unspecified atom stereocenters. The number of urea groups is 1. The molecule has 8 N–H and O–H groups in total. The summed E-state index contributed by atoms with van der Waals surface area (Å²) in [4.78, 5) is 87.1. The number of piperazine rings is 1. The smallest absolute Gasteiger partial charge is 0.415 e. The first kappa shape index (κ1) is 42.9. The van der Waals surface area contributed by atoms with Gasteiger partial charge in [-0.05, 0) is 62.6 Å². The van der Waals surface area contributed by atoms with Gasteiger partial charge in [0.15, 0.2) is 11.5 Å². The van der Waals surface area contributed by atoms with E-state index in [1.54, 1.807) is 60.9 Å². The molecule has 2 aromatic carbocycles. The number of carbonyl (C=O) groups excluding carboxylic acids is 6. The van der Waals surface area contributed by atoms with Gasteiger partial charge in [-0.2, -0.15) is 0 Å². The van der Waals surface area contributed by atoms with Gasteiger partial charge in [-0.1, -0.05) is 29.8 Å². The van der Waals surface area contributed by atoms with E-state index in [1.807, 2.05) is 7.05 Å². The van der Waals surface area contributed by atoms with Crippen LogP contribution in [0.25, 0.3) is 21.9 Å². The minimum atomic E-state index is -0.975. The number of H-pyrrole nitrogens is 1. The Hall–Kier alpha value is -5.66. The highest BCUT2D eigenvalue weighted by molar-refractivity contribution is 9.09. The Morgan fingerprint density at radius 3 is 2.44 bits per heavy atom. The summed E-state index contributed by atoms with van der Waals surface area (Å²) in [5.41, 5.74) is 14.3. The summed E-state index contributed by atoms with van der Waals surface area (Å²) in [6, 6.07) is 5.57. The van der Waals surface area contributed by atoms with Crippen LogP contribution >= 0.6 is 15.9 Å². The quantitative estimate of drug-likeness (QED) is 0.0642. The van der Waals surface area contributed by atoms with Crippen LogP contribution in [0.15, 0.2) is 34.7 Å². The van der Waals surface area contributed by atoms with E-state index >= 15 is 0 Å². The molecule has 1 saturated heterocycles. The molecule has 2 aliphatic rings. The molecule has 0 saturated carbocycles. The summed E-state index contributed by atoms with van der Waals surface area (Å²) in [6.07, 6.45) is -0.0132. The van der Waals surface area contributed by atoms with Crippen LogP contribution in [-0.2, 0) is 14.3 Å². The molecule has 0 bridgehead atoms. The van der Waals surface area contributed by atoms with Gasteiger partial charge in [0.2, 0.25) is 11.8 Å². The van der Waals surface area contributed by atoms with E-state index in [1.165, 1.54) is 7.11 Å². The number of alkyl halides is 1. The number of esters is 1. The highest BCUT2D eigenvalue weighted by atomic mass is 79.9. The van der Waals surface area contributed by atoms with E-state index in [0.717, 1.165) is 0 Å². The molecule has 316 valence electrons. The third-order valence-electron chi connectivity index (χ3n) is 10.7. The highest BCUT2D eigenvalue weighted by Crippen LogP contribution is 2.48. The molecule has 18 nitrogen and oxygen atoms in total. The number of aromatic amines is 1. The number of furan rings is 1. The van der Waals surface area contributed by atoms with E-state index in [4.69, 9.17) is 25.4 Å². The fourth-order valence-electron chi connectivity index (χ4n) is 7.38. The number of ether oxygens (including phenoxy) is 2. The Kier molecular flexibility index (Phi) is 13.2. The number of aromatic nitrogens is 1. The molecule has 0 radical (unpaired) electrons. The topological polar surface area (TPSA) is 248 Å². The van der Waals surface area contributed by atoms with Crippen molar-refractivity contribution in [1.82, 2.24) is 25.4 Å². The first-order valence-electron chi connectivity index (χ1n) is 19.4. The fraction of sp³-hybridized carbons (Fsp3) is 0.450. The summed E-state index contributed by atoms with van der Waals surface area (Å²) in [6.45, 7) is 8.08. The van der Waals surface area contributed by atoms with Crippen LogP contribution in [0.3, 0.4) is 0 Å². The number of nitrogens with two attached hydrogens (primary N) is 2. The number of primary amides is 1. The fourth-order valence-corrected chi connectivity index (χ4v) is 7.91. The number of hydrogen-bond acceptors (Lipinski definition) is 11.